The molecule has 2 rings (SSSR count). The minimum Gasteiger partial charge on any atom is -0.481 e. The van der Waals surface area contributed by atoms with Gasteiger partial charge in [0.2, 0.25) is 5.91 Å². The first kappa shape index (κ1) is 13.6. The molecule has 0 spiro atoms. The first-order chi connectivity index (χ1) is 8.91. The van der Waals surface area contributed by atoms with Gasteiger partial charge in [0.1, 0.15) is 0 Å². The fraction of sp³-hybridized carbons (Fsp3) is 0.467. The van der Waals surface area contributed by atoms with Gasteiger partial charge in [-0.25, -0.2) is 0 Å². The summed E-state index contributed by atoms with van der Waals surface area (Å²) >= 11 is 0. The Kier molecular flexibility index (Phi) is 3.60. The Morgan fingerprint density at radius 2 is 1.89 bits per heavy atom. The van der Waals surface area contributed by atoms with E-state index in [4.69, 9.17) is 0 Å². The molecule has 4 nitrogen and oxygen atoms in total. The lowest BCUT2D eigenvalue weighted by Crippen LogP contribution is -2.30. The van der Waals surface area contributed by atoms with E-state index in [1.165, 1.54) is 6.92 Å². The van der Waals surface area contributed by atoms with Gasteiger partial charge in [0, 0.05) is 19.2 Å². The van der Waals surface area contributed by atoms with Crippen molar-refractivity contribution in [3.63, 3.8) is 0 Å². The van der Waals surface area contributed by atoms with Crippen molar-refractivity contribution in [2.75, 3.05) is 11.4 Å². The lowest BCUT2D eigenvalue weighted by Gasteiger charge is -2.24. The summed E-state index contributed by atoms with van der Waals surface area (Å²) in [5.41, 5.74) is 4.00. The van der Waals surface area contributed by atoms with Crippen LogP contribution in [0.15, 0.2) is 12.1 Å². The van der Waals surface area contributed by atoms with E-state index in [0.29, 0.717) is 19.4 Å². The average Bonchev–Trinajstić information content (AvgIpc) is 2.54. The Hall–Kier alpha value is -1.84. The molecular formula is C15H19NO3. The molecule has 0 saturated carbocycles. The lowest BCUT2D eigenvalue weighted by molar-refractivity contribution is -0.141. The number of aliphatic carboxylic acids is 1. The van der Waals surface area contributed by atoms with Crippen LogP contribution in [0.1, 0.15) is 30.0 Å². The van der Waals surface area contributed by atoms with E-state index in [-0.39, 0.29) is 5.91 Å². The molecule has 0 saturated heterocycles. The van der Waals surface area contributed by atoms with Crippen LogP contribution >= 0.6 is 0 Å². The summed E-state index contributed by atoms with van der Waals surface area (Å²) in [7, 11) is 0. The number of hydrogen-bond acceptors (Lipinski definition) is 2. The highest BCUT2D eigenvalue weighted by atomic mass is 16.4. The topological polar surface area (TPSA) is 57.6 Å². The van der Waals surface area contributed by atoms with Crippen molar-refractivity contribution in [3.05, 3.63) is 28.8 Å². The number of anilines is 1. The number of aryl methyl sites for hydroxylation is 2. The van der Waals surface area contributed by atoms with Crippen molar-refractivity contribution >= 4 is 17.6 Å². The zero-order chi connectivity index (χ0) is 14.2. The molecule has 1 aliphatic heterocycles. The summed E-state index contributed by atoms with van der Waals surface area (Å²) in [5, 5.41) is 9.27. The van der Waals surface area contributed by atoms with Crippen LogP contribution < -0.4 is 4.90 Å². The van der Waals surface area contributed by atoms with Gasteiger partial charge in [-0.05, 0) is 43.4 Å². The minimum absolute atomic E-state index is 0.0269. The molecule has 0 fully saturated rings. The first-order valence-electron chi connectivity index (χ1n) is 6.51. The van der Waals surface area contributed by atoms with Gasteiger partial charge in [0.25, 0.3) is 0 Å². The molecule has 1 aliphatic rings. The van der Waals surface area contributed by atoms with E-state index in [1.54, 1.807) is 4.90 Å². The normalized spacial score (nSPS) is 18.7. The lowest BCUT2D eigenvalue weighted by atomic mass is 9.93. The smallest absolute Gasteiger partial charge is 0.306 e. The minimum atomic E-state index is -0.780. The molecule has 0 aliphatic carbocycles. The maximum atomic E-state index is 11.8. The second-order valence-electron chi connectivity index (χ2n) is 5.23. The fourth-order valence-corrected chi connectivity index (χ4v) is 2.76. The number of nitrogens with zero attached hydrogens (tertiary/aromatic N) is 1. The van der Waals surface area contributed by atoms with Crippen LogP contribution in [-0.4, -0.2) is 23.5 Å². The van der Waals surface area contributed by atoms with Gasteiger partial charge in [-0.15, -0.1) is 0 Å². The quantitative estimate of drug-likeness (QED) is 0.844. The first-order valence-corrected chi connectivity index (χ1v) is 6.51. The van der Waals surface area contributed by atoms with Crippen LogP contribution in [0.5, 0.6) is 0 Å². The third kappa shape index (κ3) is 2.48. The fourth-order valence-electron chi connectivity index (χ4n) is 2.76. The Balaban J connectivity index is 2.58. The molecule has 1 amide bonds. The van der Waals surface area contributed by atoms with Crippen molar-refractivity contribution in [2.24, 2.45) is 5.92 Å². The molecule has 0 aromatic heterocycles. The van der Waals surface area contributed by atoms with Crippen molar-refractivity contribution in [1.82, 2.24) is 0 Å². The Labute approximate surface area is 113 Å². The SMILES string of the molecule is CC(=O)N1CCC(C(=O)O)Cc2c(C)ccc(C)c21. The van der Waals surface area contributed by atoms with E-state index < -0.39 is 11.9 Å². The van der Waals surface area contributed by atoms with Crippen LogP contribution in [0.3, 0.4) is 0 Å². The van der Waals surface area contributed by atoms with Gasteiger partial charge in [0.05, 0.1) is 5.92 Å². The molecule has 1 unspecified atom stereocenters. The van der Waals surface area contributed by atoms with Gasteiger partial charge in [-0.2, -0.15) is 0 Å². The highest BCUT2D eigenvalue weighted by Crippen LogP contribution is 2.34. The van der Waals surface area contributed by atoms with Gasteiger partial charge in [-0.1, -0.05) is 12.1 Å². The molecule has 4 heteroatoms. The van der Waals surface area contributed by atoms with E-state index >= 15 is 0 Å². The summed E-state index contributed by atoms with van der Waals surface area (Å²) in [5.74, 6) is -1.22. The highest BCUT2D eigenvalue weighted by molar-refractivity contribution is 5.94. The maximum absolute atomic E-state index is 11.8. The number of carbonyl (C=O) groups is 2. The molecule has 102 valence electrons. The zero-order valence-electron chi connectivity index (χ0n) is 11.6. The van der Waals surface area contributed by atoms with Crippen molar-refractivity contribution in [1.29, 1.82) is 0 Å². The Morgan fingerprint density at radius 3 is 2.47 bits per heavy atom. The second-order valence-corrected chi connectivity index (χ2v) is 5.23. The van der Waals surface area contributed by atoms with Crippen molar-refractivity contribution in [2.45, 2.75) is 33.6 Å². The molecule has 0 bridgehead atoms. The van der Waals surface area contributed by atoms with Gasteiger partial charge < -0.3 is 10.0 Å². The van der Waals surface area contributed by atoms with E-state index in [9.17, 15) is 14.7 Å². The van der Waals surface area contributed by atoms with Crippen molar-refractivity contribution < 1.29 is 14.7 Å². The number of carbonyl (C=O) groups excluding carboxylic acids is 1. The van der Waals surface area contributed by atoms with Crippen LogP contribution in [0, 0.1) is 19.8 Å². The Morgan fingerprint density at radius 1 is 1.26 bits per heavy atom. The summed E-state index contributed by atoms with van der Waals surface area (Å²) < 4.78 is 0. The second kappa shape index (κ2) is 5.03. The van der Waals surface area contributed by atoms with E-state index in [0.717, 1.165) is 22.4 Å². The third-order valence-electron chi connectivity index (χ3n) is 3.87. The number of rotatable bonds is 1. The maximum Gasteiger partial charge on any atom is 0.306 e. The van der Waals surface area contributed by atoms with Gasteiger partial charge in [-0.3, -0.25) is 9.59 Å². The largest absolute Gasteiger partial charge is 0.481 e. The number of fused-ring (bicyclic) bond motifs is 1. The average molecular weight is 261 g/mol. The molecule has 19 heavy (non-hydrogen) atoms. The van der Waals surface area contributed by atoms with E-state index in [1.807, 2.05) is 26.0 Å². The van der Waals surface area contributed by atoms with Gasteiger partial charge >= 0.3 is 5.97 Å². The molecule has 1 atom stereocenters. The number of carboxylic acids is 1. The summed E-state index contributed by atoms with van der Waals surface area (Å²) in [6, 6.07) is 3.99. The number of hydrogen-bond donors (Lipinski definition) is 1. The molecule has 1 N–H and O–H groups in total. The van der Waals surface area contributed by atoms with Crippen LogP contribution in [0.2, 0.25) is 0 Å². The molecule has 1 heterocycles. The molecule has 0 radical (unpaired) electrons. The third-order valence-corrected chi connectivity index (χ3v) is 3.87. The van der Waals surface area contributed by atoms with Gasteiger partial charge in [0.15, 0.2) is 0 Å². The molecular weight excluding hydrogens is 242 g/mol. The highest BCUT2D eigenvalue weighted by Gasteiger charge is 2.29. The molecule has 1 aromatic rings. The summed E-state index contributed by atoms with van der Waals surface area (Å²) in [4.78, 5) is 24.8. The monoisotopic (exact) mass is 261 g/mol. The standard InChI is InChI=1S/C15H19NO3/c1-9-4-5-10(2)14-13(9)8-12(15(18)19)6-7-16(14)11(3)17/h4-5,12H,6-8H2,1-3H3,(H,18,19). The number of benzene rings is 1. The zero-order valence-corrected chi connectivity index (χ0v) is 11.6. The number of amides is 1. The predicted molar refractivity (Wildman–Crippen MR) is 73.4 cm³/mol. The Bertz CT molecular complexity index is 536. The van der Waals surface area contributed by atoms with Crippen molar-refractivity contribution in [3.8, 4) is 0 Å². The van der Waals surface area contributed by atoms with Crippen LogP contribution in [-0.2, 0) is 16.0 Å². The summed E-state index contributed by atoms with van der Waals surface area (Å²) in [6.45, 7) is 5.95. The van der Waals surface area contributed by atoms with Crippen LogP contribution in [0.4, 0.5) is 5.69 Å². The van der Waals surface area contributed by atoms with E-state index in [2.05, 4.69) is 0 Å². The van der Waals surface area contributed by atoms with Crippen LogP contribution in [0.25, 0.3) is 0 Å². The number of carboxylic acid groups (broad SMARTS) is 1. The molecule has 1 aromatic carbocycles. The predicted octanol–water partition coefficient (Wildman–Crippen LogP) is 2.30. The summed E-state index contributed by atoms with van der Waals surface area (Å²) in [6.07, 6.45) is 1.00.